The summed E-state index contributed by atoms with van der Waals surface area (Å²) in [5.41, 5.74) is 21.5. The number of aromatic nitrogens is 3. The number of aryl methyl sites for hydroxylation is 6. The van der Waals surface area contributed by atoms with Crippen molar-refractivity contribution in [2.75, 3.05) is 0 Å². The molecule has 3 nitrogen and oxygen atoms in total. The Morgan fingerprint density at radius 1 is 0.413 bits per heavy atom. The second kappa shape index (κ2) is 24.0. The molecule has 0 spiro atoms. The summed E-state index contributed by atoms with van der Waals surface area (Å²) in [5.74, 6) is 0.374. The first kappa shape index (κ1) is 48.7. The summed E-state index contributed by atoms with van der Waals surface area (Å²) in [7, 11) is 6.32. The maximum Gasteiger partial charge on any atom is 0.212 e. The molecule has 11 rings (SSSR count). The fraction of sp³-hybridized carbons (Fsp3) is 0.292. The van der Waals surface area contributed by atoms with Crippen molar-refractivity contribution in [2.45, 2.75) is 111 Å². The molecule has 0 aliphatic heterocycles. The summed E-state index contributed by atoms with van der Waals surface area (Å²) >= 11 is 0. The van der Waals surface area contributed by atoms with E-state index in [0.29, 0.717) is 0 Å². The SMILES string of the molecule is Cc1ccccc1-c1ccc(-c2cccc(C3CCCC3)c2)c[n+]1C.[2H]C([2H])(c1ccc(-c2ccc(-c3ccccc3C)[n+](C)c2)cc1)C(C)(C)C.[2H]C1(c2cccc(-c3ccc(-c4ccccc4C)[n+](C)c3)c2)CCCC1. The van der Waals surface area contributed by atoms with Gasteiger partial charge in [-0.25, -0.2) is 13.7 Å². The van der Waals surface area contributed by atoms with Gasteiger partial charge in [0.15, 0.2) is 18.6 Å². The van der Waals surface area contributed by atoms with Gasteiger partial charge in [0.05, 0.1) is 0 Å². The zero-order valence-electron chi connectivity index (χ0n) is 49.1. The van der Waals surface area contributed by atoms with Gasteiger partial charge in [-0.3, -0.25) is 0 Å². The van der Waals surface area contributed by atoms with Gasteiger partial charge in [0.1, 0.15) is 21.1 Å². The van der Waals surface area contributed by atoms with Crippen LogP contribution in [-0.4, -0.2) is 0 Å². The predicted octanol–water partition coefficient (Wildman–Crippen LogP) is 17.4. The number of nitrogens with zero attached hydrogens (tertiary/aromatic N) is 3. The zero-order valence-corrected chi connectivity index (χ0v) is 46.1. The van der Waals surface area contributed by atoms with Crippen LogP contribution in [0, 0.1) is 26.2 Å². The molecule has 3 heteroatoms. The van der Waals surface area contributed by atoms with Crippen molar-refractivity contribution >= 4 is 0 Å². The molecule has 2 aliphatic carbocycles. The second-order valence-corrected chi connectivity index (χ2v) is 22.1. The largest absolute Gasteiger partial charge is 0.212 e. The number of hydrogen-bond acceptors (Lipinski definition) is 0. The molecule has 380 valence electrons. The molecule has 2 aliphatic rings. The Bertz CT molecular complexity index is 3520. The van der Waals surface area contributed by atoms with Crippen molar-refractivity contribution in [3.8, 4) is 67.2 Å². The molecule has 2 saturated carbocycles. The fourth-order valence-corrected chi connectivity index (χ4v) is 11.2. The average Bonchev–Trinajstić information content (AvgIpc) is 4.20. The first-order chi connectivity index (χ1) is 37.4. The molecule has 9 aromatic rings. The van der Waals surface area contributed by atoms with Gasteiger partial charge in [-0.05, 0) is 157 Å². The Morgan fingerprint density at radius 2 is 0.787 bits per heavy atom. The lowest BCUT2D eigenvalue weighted by Crippen LogP contribution is -2.30. The Morgan fingerprint density at radius 3 is 1.20 bits per heavy atom. The first-order valence-electron chi connectivity index (χ1n) is 28.9. The lowest BCUT2D eigenvalue weighted by Gasteiger charge is -2.18. The summed E-state index contributed by atoms with van der Waals surface area (Å²) in [6.45, 7) is 12.3. The summed E-state index contributed by atoms with van der Waals surface area (Å²) < 4.78 is 32.3. The van der Waals surface area contributed by atoms with Crippen molar-refractivity contribution in [3.05, 3.63) is 234 Å². The molecule has 0 bridgehead atoms. The van der Waals surface area contributed by atoms with Crippen molar-refractivity contribution in [3.63, 3.8) is 0 Å². The fourth-order valence-electron chi connectivity index (χ4n) is 11.2. The topological polar surface area (TPSA) is 11.6 Å². The minimum atomic E-state index is -1.37. The molecule has 0 unspecified atom stereocenters. The van der Waals surface area contributed by atoms with Crippen molar-refractivity contribution < 1.29 is 17.8 Å². The van der Waals surface area contributed by atoms with Gasteiger partial charge < -0.3 is 0 Å². The quantitative estimate of drug-likeness (QED) is 0.128. The van der Waals surface area contributed by atoms with E-state index in [1.165, 1.54) is 117 Å². The monoisotopic (exact) mass is 990 g/mol. The molecule has 0 atom stereocenters. The molecule has 2 fully saturated rings. The van der Waals surface area contributed by atoms with Crippen LogP contribution in [0.4, 0.5) is 0 Å². The third kappa shape index (κ3) is 13.2. The Hall–Kier alpha value is -7.23. The molecular weight excluding hydrogens is 907 g/mol. The Kier molecular flexibility index (Phi) is 15.6. The minimum absolute atomic E-state index is 0.390. The van der Waals surface area contributed by atoms with Gasteiger partial charge >= 0.3 is 0 Å². The molecule has 3 aromatic heterocycles. The van der Waals surface area contributed by atoms with E-state index in [2.05, 4.69) is 232 Å². The van der Waals surface area contributed by atoms with Crippen molar-refractivity contribution in [1.29, 1.82) is 0 Å². The van der Waals surface area contributed by atoms with Crippen LogP contribution in [-0.2, 0) is 27.5 Å². The summed E-state index contributed by atoms with van der Waals surface area (Å²) in [4.78, 5) is 0. The highest BCUT2D eigenvalue weighted by Crippen LogP contribution is 2.37. The number of hydrogen-bond donors (Lipinski definition) is 0. The molecule has 75 heavy (non-hydrogen) atoms. The molecule has 0 amide bonds. The van der Waals surface area contributed by atoms with Gasteiger partial charge in [-0.15, -0.1) is 0 Å². The molecular formula is C72H80N3+3. The summed E-state index contributed by atoms with van der Waals surface area (Å²) in [5, 5.41) is 0. The van der Waals surface area contributed by atoms with E-state index < -0.39 is 11.8 Å². The van der Waals surface area contributed by atoms with Crippen molar-refractivity contribution in [1.82, 2.24) is 0 Å². The molecule has 0 N–H and O–H groups in total. The number of pyridine rings is 3. The van der Waals surface area contributed by atoms with Gasteiger partial charge in [0.2, 0.25) is 17.1 Å². The van der Waals surface area contributed by atoms with Gasteiger partial charge in [-0.1, -0.05) is 174 Å². The van der Waals surface area contributed by atoms with E-state index >= 15 is 0 Å². The van der Waals surface area contributed by atoms with Gasteiger partial charge in [0, 0.05) is 55.7 Å². The molecule has 3 heterocycles. The average molecular weight is 990 g/mol. The van der Waals surface area contributed by atoms with Crippen LogP contribution in [0.15, 0.2) is 201 Å². The van der Waals surface area contributed by atoms with E-state index in [1.54, 1.807) is 0 Å². The minimum Gasteiger partial charge on any atom is -0.200 e. The third-order valence-electron chi connectivity index (χ3n) is 15.3. The first-order valence-corrected chi connectivity index (χ1v) is 27.4. The van der Waals surface area contributed by atoms with Crippen LogP contribution in [0.3, 0.4) is 0 Å². The van der Waals surface area contributed by atoms with Crippen molar-refractivity contribution in [2.24, 2.45) is 26.6 Å². The number of benzene rings is 6. The van der Waals surface area contributed by atoms with E-state index in [9.17, 15) is 0 Å². The smallest absolute Gasteiger partial charge is 0.200 e. The highest BCUT2D eigenvalue weighted by Gasteiger charge is 2.21. The van der Waals surface area contributed by atoms with Gasteiger partial charge in [0.25, 0.3) is 0 Å². The normalized spacial score (nSPS) is 14.9. The Balaban J connectivity index is 0.000000142. The lowest BCUT2D eigenvalue weighted by molar-refractivity contribution is -0.660. The van der Waals surface area contributed by atoms with E-state index in [1.807, 2.05) is 45.0 Å². The highest BCUT2D eigenvalue weighted by atomic mass is 14.9. The number of rotatable bonds is 9. The van der Waals surface area contributed by atoms with E-state index in [0.717, 1.165) is 41.0 Å². The molecule has 0 radical (unpaired) electrons. The standard InChI is InChI=1S/2C24H26N.C24H28N/c2*1-18-8-3-6-13-23(18)24-15-14-22(17-25(24)2)21-12-7-11-20(16-21)19-9-4-5-10-19;1-18-8-6-7-9-22(18)23-15-14-21(17-25(23)5)20-12-10-19(11-13-20)16-24(2,3)4/h2*3,6-8,11-17,19H,4-5,9-10H2,1-2H3;6-15,17H,16H2,1-5H3/q3*+1/i19D;;16D2. The zero-order chi connectivity index (χ0) is 55.2. The predicted molar refractivity (Wildman–Crippen MR) is 315 cm³/mol. The van der Waals surface area contributed by atoms with Crippen LogP contribution in [0.1, 0.15) is 121 Å². The highest BCUT2D eigenvalue weighted by molar-refractivity contribution is 5.69. The summed E-state index contributed by atoms with van der Waals surface area (Å²) in [6, 6.07) is 64.3. The molecule has 0 saturated heterocycles. The van der Waals surface area contributed by atoms with Gasteiger partial charge in [-0.2, -0.15) is 0 Å². The Labute approximate surface area is 454 Å². The molecule has 6 aromatic carbocycles. The second-order valence-electron chi connectivity index (χ2n) is 22.1. The van der Waals surface area contributed by atoms with E-state index in [4.69, 9.17) is 4.11 Å². The van der Waals surface area contributed by atoms with Crippen LogP contribution in [0.25, 0.3) is 67.2 Å². The van der Waals surface area contributed by atoms with Crippen LogP contribution in [0.2, 0.25) is 0 Å². The summed E-state index contributed by atoms with van der Waals surface area (Å²) in [6.07, 6.45) is 15.0. The maximum atomic E-state index is 8.79. The van der Waals surface area contributed by atoms with Crippen LogP contribution >= 0.6 is 0 Å². The maximum absolute atomic E-state index is 8.79. The lowest BCUT2D eigenvalue weighted by atomic mass is 9.88. The van der Waals surface area contributed by atoms with Crippen LogP contribution < -0.4 is 13.7 Å². The van der Waals surface area contributed by atoms with Crippen LogP contribution in [0.5, 0.6) is 0 Å². The van der Waals surface area contributed by atoms with E-state index in [-0.39, 0.29) is 5.89 Å². The third-order valence-corrected chi connectivity index (χ3v) is 15.3.